The van der Waals surface area contributed by atoms with Crippen molar-refractivity contribution in [1.82, 2.24) is 35.1 Å². The lowest BCUT2D eigenvalue weighted by atomic mass is 9.94. The first-order valence-electron chi connectivity index (χ1n) is 12.4. The van der Waals surface area contributed by atoms with Gasteiger partial charge in [0.1, 0.15) is 5.82 Å². The van der Waals surface area contributed by atoms with Gasteiger partial charge in [0.05, 0.1) is 19.4 Å². The van der Waals surface area contributed by atoms with Crippen LogP contribution in [0.3, 0.4) is 0 Å². The summed E-state index contributed by atoms with van der Waals surface area (Å²) in [5.74, 6) is 0.667. The number of rotatable bonds is 11. The zero-order chi connectivity index (χ0) is 27.3. The monoisotopic (exact) mass is 537 g/mol. The van der Waals surface area contributed by atoms with Gasteiger partial charge >= 0.3 is 5.97 Å². The minimum Gasteiger partial charge on any atom is -0.467 e. The van der Waals surface area contributed by atoms with Crippen molar-refractivity contribution in [1.29, 1.82) is 0 Å². The van der Waals surface area contributed by atoms with Crippen LogP contribution in [0.5, 0.6) is 0 Å². The Morgan fingerprint density at radius 3 is 2.45 bits per heavy atom. The van der Waals surface area contributed by atoms with Crippen molar-refractivity contribution in [3.8, 4) is 22.5 Å². The highest BCUT2D eigenvalue weighted by Gasteiger charge is 2.48. The third kappa shape index (κ3) is 5.07. The van der Waals surface area contributed by atoms with Crippen LogP contribution in [0.2, 0.25) is 5.15 Å². The van der Waals surface area contributed by atoms with Crippen LogP contribution in [-0.2, 0) is 28.0 Å². The maximum atomic E-state index is 13.1. The standard InChI is InChI=1S/C27H32ClN7O3/c1-5-6-11-22-29-24(28)23(27(17-36,34(2)3)26(37)38-4)35(22)16-18-12-14-19(15-13-18)20-9-7-8-10-21(20)25-30-32-33-31-25/h7-10,12-15,36H,5-6,11,16-17H2,1-4H3,(H,30,31,32,33)/t27-/m1/s1. The molecule has 4 aromatic rings. The number of unbranched alkanes of at least 4 members (excludes halogenated alkanes) is 1. The topological polar surface area (TPSA) is 122 Å². The summed E-state index contributed by atoms with van der Waals surface area (Å²) in [5.41, 5.74) is 2.74. The predicted molar refractivity (Wildman–Crippen MR) is 144 cm³/mol. The van der Waals surface area contributed by atoms with Crippen molar-refractivity contribution in [3.63, 3.8) is 0 Å². The summed E-state index contributed by atoms with van der Waals surface area (Å²) in [5, 5.41) is 25.1. The lowest BCUT2D eigenvalue weighted by Gasteiger charge is -2.36. The fourth-order valence-corrected chi connectivity index (χ4v) is 5.03. The number of imidazole rings is 1. The molecule has 0 spiro atoms. The second-order valence-electron chi connectivity index (χ2n) is 9.24. The van der Waals surface area contributed by atoms with E-state index in [9.17, 15) is 9.90 Å². The first-order chi connectivity index (χ1) is 18.4. The summed E-state index contributed by atoms with van der Waals surface area (Å²) in [6.07, 6.45) is 2.57. The Kier molecular flexibility index (Phi) is 8.55. The molecule has 38 heavy (non-hydrogen) atoms. The molecule has 0 unspecified atom stereocenters. The molecule has 0 saturated carbocycles. The van der Waals surface area contributed by atoms with Crippen molar-refractivity contribution in [3.05, 3.63) is 70.8 Å². The molecule has 0 aliphatic heterocycles. The summed E-state index contributed by atoms with van der Waals surface area (Å²) < 4.78 is 7.06. The molecule has 200 valence electrons. The first-order valence-corrected chi connectivity index (χ1v) is 12.8. The Morgan fingerprint density at radius 1 is 1.16 bits per heavy atom. The fourth-order valence-electron chi connectivity index (χ4n) is 4.68. The largest absolute Gasteiger partial charge is 0.467 e. The van der Waals surface area contributed by atoms with Crippen molar-refractivity contribution in [2.45, 2.75) is 38.3 Å². The molecule has 11 heteroatoms. The van der Waals surface area contributed by atoms with Gasteiger partial charge in [0.15, 0.2) is 10.7 Å². The van der Waals surface area contributed by atoms with Gasteiger partial charge in [-0.15, -0.1) is 10.2 Å². The zero-order valence-electron chi connectivity index (χ0n) is 22.0. The van der Waals surface area contributed by atoms with Gasteiger partial charge < -0.3 is 14.4 Å². The van der Waals surface area contributed by atoms with E-state index in [2.05, 4.69) is 32.5 Å². The van der Waals surface area contributed by atoms with Crippen LogP contribution >= 0.6 is 11.6 Å². The molecule has 0 aliphatic carbocycles. The highest BCUT2D eigenvalue weighted by atomic mass is 35.5. The number of esters is 1. The fraction of sp³-hybridized carbons (Fsp3) is 0.370. The van der Waals surface area contributed by atoms with Gasteiger partial charge in [-0.1, -0.05) is 73.5 Å². The van der Waals surface area contributed by atoms with E-state index in [1.165, 1.54) is 7.11 Å². The number of aryl methyl sites for hydroxylation is 1. The Hall–Kier alpha value is -3.60. The van der Waals surface area contributed by atoms with Gasteiger partial charge in [0.2, 0.25) is 5.82 Å². The van der Waals surface area contributed by atoms with Crippen molar-refractivity contribution >= 4 is 17.6 Å². The third-order valence-electron chi connectivity index (χ3n) is 6.78. The number of nitrogens with zero attached hydrogens (tertiary/aromatic N) is 6. The molecule has 2 aromatic carbocycles. The van der Waals surface area contributed by atoms with Crippen LogP contribution in [0, 0.1) is 0 Å². The van der Waals surface area contributed by atoms with Gasteiger partial charge in [-0.05, 0) is 42.4 Å². The molecular weight excluding hydrogens is 506 g/mol. The number of carbonyl (C=O) groups is 1. The molecule has 4 rings (SSSR count). The molecule has 2 aromatic heterocycles. The molecule has 10 nitrogen and oxygen atoms in total. The number of H-pyrrole nitrogens is 1. The number of likely N-dealkylation sites (N-methyl/N-ethyl adjacent to an activating group) is 1. The molecular formula is C27H32ClN7O3. The van der Waals surface area contributed by atoms with Gasteiger partial charge in [0, 0.05) is 18.5 Å². The van der Waals surface area contributed by atoms with Crippen LogP contribution in [0.25, 0.3) is 22.5 Å². The number of aliphatic hydroxyl groups is 1. The number of hydrogen-bond acceptors (Lipinski definition) is 8. The van der Waals surface area contributed by atoms with E-state index < -0.39 is 18.1 Å². The molecule has 0 bridgehead atoms. The molecule has 1 atom stereocenters. The number of carbonyl (C=O) groups excluding carboxylic acids is 1. The van der Waals surface area contributed by atoms with Gasteiger partial charge in [-0.3, -0.25) is 4.90 Å². The second kappa shape index (κ2) is 11.8. The zero-order valence-corrected chi connectivity index (χ0v) is 22.7. The first kappa shape index (κ1) is 27.4. The Labute approximate surface area is 226 Å². The Bertz CT molecular complexity index is 1370. The Balaban J connectivity index is 1.76. The van der Waals surface area contributed by atoms with E-state index in [-0.39, 0.29) is 5.15 Å². The number of aromatic nitrogens is 6. The molecule has 0 fully saturated rings. The summed E-state index contributed by atoms with van der Waals surface area (Å²) in [4.78, 5) is 19.3. The summed E-state index contributed by atoms with van der Waals surface area (Å²) in [7, 11) is 4.72. The smallest absolute Gasteiger partial charge is 0.335 e. The summed E-state index contributed by atoms with van der Waals surface area (Å²) >= 11 is 6.68. The van der Waals surface area contributed by atoms with E-state index in [1.54, 1.807) is 19.0 Å². The van der Waals surface area contributed by atoms with Gasteiger partial charge in [-0.25, -0.2) is 9.78 Å². The Morgan fingerprint density at radius 2 is 1.87 bits per heavy atom. The maximum absolute atomic E-state index is 13.1. The average Bonchev–Trinajstić information content (AvgIpc) is 3.57. The number of aliphatic hydroxyl groups excluding tert-OH is 1. The SMILES string of the molecule is CCCCc1nc(Cl)c([C@](CO)(C(=O)OC)N(C)C)n1Cc1ccc(-c2ccccc2-c2nn[nH]n2)cc1. The van der Waals surface area contributed by atoms with E-state index in [0.717, 1.165) is 40.9 Å². The maximum Gasteiger partial charge on any atom is 0.335 e. The van der Waals surface area contributed by atoms with E-state index in [1.807, 2.05) is 53.1 Å². The number of halogens is 1. The van der Waals surface area contributed by atoms with E-state index in [0.29, 0.717) is 24.5 Å². The van der Waals surface area contributed by atoms with Crippen molar-refractivity contribution < 1.29 is 14.6 Å². The number of benzene rings is 2. The van der Waals surface area contributed by atoms with Crippen LogP contribution in [0.15, 0.2) is 48.5 Å². The highest BCUT2D eigenvalue weighted by Crippen LogP contribution is 2.36. The average molecular weight is 538 g/mol. The molecule has 0 aliphatic rings. The third-order valence-corrected chi connectivity index (χ3v) is 7.05. The number of methoxy groups -OCH3 is 1. The molecule has 0 amide bonds. The van der Waals surface area contributed by atoms with Gasteiger partial charge in [0.25, 0.3) is 0 Å². The normalized spacial score (nSPS) is 13.0. The quantitative estimate of drug-likeness (QED) is 0.278. The minimum absolute atomic E-state index is 0.176. The predicted octanol–water partition coefficient (Wildman–Crippen LogP) is 3.70. The number of nitrogens with one attached hydrogen (secondary N) is 1. The van der Waals surface area contributed by atoms with E-state index >= 15 is 0 Å². The van der Waals surface area contributed by atoms with Gasteiger partial charge in [-0.2, -0.15) is 5.21 Å². The lowest BCUT2D eigenvalue weighted by Crippen LogP contribution is -2.53. The molecule has 2 heterocycles. The van der Waals surface area contributed by atoms with Crippen LogP contribution in [0.1, 0.15) is 36.8 Å². The van der Waals surface area contributed by atoms with Crippen molar-refractivity contribution in [2.24, 2.45) is 0 Å². The van der Waals surface area contributed by atoms with Crippen LogP contribution in [0.4, 0.5) is 0 Å². The number of ether oxygens (including phenoxy) is 1. The molecule has 0 saturated heterocycles. The van der Waals surface area contributed by atoms with Crippen molar-refractivity contribution in [2.75, 3.05) is 27.8 Å². The minimum atomic E-state index is -1.51. The lowest BCUT2D eigenvalue weighted by molar-refractivity contribution is -0.158. The summed E-state index contributed by atoms with van der Waals surface area (Å²) in [6, 6.07) is 16.0. The summed E-state index contributed by atoms with van der Waals surface area (Å²) in [6.45, 7) is 2.00. The number of hydrogen-bond donors (Lipinski definition) is 2. The second-order valence-corrected chi connectivity index (χ2v) is 9.60. The van der Waals surface area contributed by atoms with Crippen LogP contribution < -0.4 is 0 Å². The molecule has 2 N–H and O–H groups in total. The molecule has 0 radical (unpaired) electrons. The number of aromatic amines is 1. The van der Waals surface area contributed by atoms with E-state index in [4.69, 9.17) is 16.3 Å². The van der Waals surface area contributed by atoms with Crippen LogP contribution in [-0.4, -0.2) is 74.0 Å². The highest BCUT2D eigenvalue weighted by molar-refractivity contribution is 6.30. The number of tetrazole rings is 1.